The van der Waals surface area contributed by atoms with Gasteiger partial charge in [-0.3, -0.25) is 4.79 Å². The second-order valence-electron chi connectivity index (χ2n) is 4.88. The third-order valence-corrected chi connectivity index (χ3v) is 3.66. The monoisotopic (exact) mass is 356 g/mol. The maximum Gasteiger partial charge on any atom is 0.227 e. The number of anilines is 1. The normalized spacial score (nSPS) is 10.6. The van der Waals surface area contributed by atoms with Crippen LogP contribution in [0.5, 0.6) is 0 Å². The summed E-state index contributed by atoms with van der Waals surface area (Å²) in [4.78, 5) is 14.1. The van der Waals surface area contributed by atoms with Gasteiger partial charge in [-0.1, -0.05) is 29.3 Å². The van der Waals surface area contributed by atoms with Gasteiger partial charge in [-0.25, -0.2) is 0 Å². The average molecular weight is 357 g/mol. The lowest BCUT2D eigenvalue weighted by atomic mass is 10.2. The Balaban J connectivity index is 2.61. The Hall–Kier alpha value is -0.910. The topological polar surface area (TPSA) is 55.6 Å². The van der Waals surface area contributed by atoms with Crippen LogP contribution in [0.25, 0.3) is 0 Å². The lowest BCUT2D eigenvalue weighted by Crippen LogP contribution is -2.34. The van der Waals surface area contributed by atoms with E-state index >= 15 is 0 Å². The van der Waals surface area contributed by atoms with Crippen molar-refractivity contribution in [3.8, 4) is 0 Å². The number of ether oxygens (including phenoxy) is 1. The van der Waals surface area contributed by atoms with Crippen LogP contribution in [0, 0.1) is 0 Å². The number of carbonyl (C=O) groups excluding carboxylic acids is 1. The first kappa shape index (κ1) is 18.1. The second-order valence-corrected chi connectivity index (χ2v) is 5.80. The number of nitrogens with two attached hydrogens (primary N) is 1. The third kappa shape index (κ3) is 7.07. The van der Waals surface area contributed by atoms with Crippen molar-refractivity contribution in [2.75, 3.05) is 31.2 Å². The zero-order valence-electron chi connectivity index (χ0n) is 12.7. The number of carbonyl (C=O) groups is 1. The van der Waals surface area contributed by atoms with Crippen LogP contribution in [-0.4, -0.2) is 32.2 Å². The smallest absolute Gasteiger partial charge is 0.227 e. The molecular formula is C16H25BrN2O2. The summed E-state index contributed by atoms with van der Waals surface area (Å²) in [6.45, 7) is 4.56. The van der Waals surface area contributed by atoms with Crippen molar-refractivity contribution in [3.63, 3.8) is 0 Å². The minimum absolute atomic E-state index is 0.0989. The fourth-order valence-corrected chi connectivity index (χ4v) is 2.18. The molecule has 0 aliphatic heterocycles. The molecule has 21 heavy (non-hydrogen) atoms. The number of nitrogens with zero attached hydrogens (tertiary/aromatic N) is 1. The van der Waals surface area contributed by atoms with Crippen molar-refractivity contribution in [1.29, 1.82) is 0 Å². The van der Waals surface area contributed by atoms with Crippen molar-refractivity contribution in [3.05, 3.63) is 28.7 Å². The summed E-state index contributed by atoms with van der Waals surface area (Å²) >= 11 is 3.41. The quantitative estimate of drug-likeness (QED) is 0.654. The Morgan fingerprint density at radius 3 is 2.57 bits per heavy atom. The summed E-state index contributed by atoms with van der Waals surface area (Å²) in [7, 11) is 0. The fraction of sp³-hybridized carbons (Fsp3) is 0.562. The molecule has 1 amide bonds. The number of benzene rings is 1. The summed E-state index contributed by atoms with van der Waals surface area (Å²) in [6.07, 6.45) is 3.36. The summed E-state index contributed by atoms with van der Waals surface area (Å²) in [6, 6.07) is 7.76. The lowest BCUT2D eigenvalue weighted by Gasteiger charge is -2.23. The molecule has 4 nitrogen and oxygen atoms in total. The Morgan fingerprint density at radius 2 is 1.95 bits per heavy atom. The first-order valence-corrected chi connectivity index (χ1v) is 8.32. The van der Waals surface area contributed by atoms with Gasteiger partial charge in [0.1, 0.15) is 0 Å². The van der Waals surface area contributed by atoms with Crippen LogP contribution in [0.3, 0.4) is 0 Å². The predicted octanol–water partition coefficient (Wildman–Crippen LogP) is 3.34. The van der Waals surface area contributed by atoms with Gasteiger partial charge in [0.05, 0.1) is 6.61 Å². The van der Waals surface area contributed by atoms with Crippen LogP contribution in [0.2, 0.25) is 0 Å². The van der Waals surface area contributed by atoms with Crippen LogP contribution in [0.1, 0.15) is 32.6 Å². The molecule has 0 heterocycles. The molecular weight excluding hydrogens is 332 g/mol. The van der Waals surface area contributed by atoms with Crippen molar-refractivity contribution >= 4 is 27.5 Å². The van der Waals surface area contributed by atoms with Gasteiger partial charge >= 0.3 is 0 Å². The molecule has 0 aliphatic rings. The maximum absolute atomic E-state index is 12.3. The fourth-order valence-electron chi connectivity index (χ4n) is 1.91. The van der Waals surface area contributed by atoms with Crippen LogP contribution < -0.4 is 10.6 Å². The largest absolute Gasteiger partial charge is 0.380 e. The minimum atomic E-state index is 0.0989. The highest BCUT2D eigenvalue weighted by atomic mass is 79.9. The average Bonchev–Trinajstić information content (AvgIpc) is 2.50. The van der Waals surface area contributed by atoms with Crippen LogP contribution in [0.15, 0.2) is 28.7 Å². The number of amides is 1. The SMILES string of the molecule is CCCCOCCN(C(=O)CCCN)c1ccc(Br)cc1. The molecule has 0 fully saturated rings. The zero-order chi connectivity index (χ0) is 15.5. The van der Waals surface area contributed by atoms with E-state index < -0.39 is 0 Å². The van der Waals surface area contributed by atoms with Gasteiger partial charge in [0, 0.05) is 29.7 Å². The van der Waals surface area contributed by atoms with Gasteiger partial charge in [0.25, 0.3) is 0 Å². The predicted molar refractivity (Wildman–Crippen MR) is 90.5 cm³/mol. The van der Waals surface area contributed by atoms with Gasteiger partial charge in [0.15, 0.2) is 0 Å². The number of rotatable bonds is 10. The number of hydrogen-bond donors (Lipinski definition) is 1. The molecule has 1 rings (SSSR count). The first-order chi connectivity index (χ1) is 10.2. The van der Waals surface area contributed by atoms with E-state index in [2.05, 4.69) is 22.9 Å². The standard InChI is InChI=1S/C16H25BrN2O2/c1-2-3-12-21-13-11-19(16(20)5-4-10-18)15-8-6-14(17)7-9-15/h6-9H,2-5,10-13,18H2,1H3. The highest BCUT2D eigenvalue weighted by Crippen LogP contribution is 2.19. The van der Waals surface area contributed by atoms with E-state index in [-0.39, 0.29) is 5.91 Å². The Kier molecular flexibility index (Phi) is 9.30. The van der Waals surface area contributed by atoms with E-state index in [0.29, 0.717) is 32.5 Å². The molecule has 1 aromatic carbocycles. The molecule has 0 bridgehead atoms. The van der Waals surface area contributed by atoms with E-state index in [1.165, 1.54) is 0 Å². The maximum atomic E-state index is 12.3. The van der Waals surface area contributed by atoms with Gasteiger partial charge < -0.3 is 15.4 Å². The molecule has 0 radical (unpaired) electrons. The molecule has 5 heteroatoms. The number of halogens is 1. The van der Waals surface area contributed by atoms with E-state index in [1.54, 1.807) is 4.90 Å². The molecule has 0 saturated heterocycles. The lowest BCUT2D eigenvalue weighted by molar-refractivity contribution is -0.118. The molecule has 0 atom stereocenters. The summed E-state index contributed by atoms with van der Waals surface area (Å²) in [5.74, 6) is 0.0989. The highest BCUT2D eigenvalue weighted by molar-refractivity contribution is 9.10. The van der Waals surface area contributed by atoms with Crippen molar-refractivity contribution in [1.82, 2.24) is 0 Å². The van der Waals surface area contributed by atoms with E-state index in [9.17, 15) is 4.79 Å². The third-order valence-electron chi connectivity index (χ3n) is 3.14. The molecule has 2 N–H and O–H groups in total. The van der Waals surface area contributed by atoms with E-state index in [1.807, 2.05) is 24.3 Å². The summed E-state index contributed by atoms with van der Waals surface area (Å²) < 4.78 is 6.58. The minimum Gasteiger partial charge on any atom is -0.380 e. The first-order valence-electron chi connectivity index (χ1n) is 7.52. The number of hydrogen-bond acceptors (Lipinski definition) is 3. The molecule has 0 aromatic heterocycles. The van der Waals surface area contributed by atoms with Crippen molar-refractivity contribution in [2.24, 2.45) is 5.73 Å². The van der Waals surface area contributed by atoms with Crippen LogP contribution in [-0.2, 0) is 9.53 Å². The zero-order valence-corrected chi connectivity index (χ0v) is 14.3. The van der Waals surface area contributed by atoms with Crippen molar-refractivity contribution in [2.45, 2.75) is 32.6 Å². The van der Waals surface area contributed by atoms with Gasteiger partial charge in [-0.2, -0.15) is 0 Å². The van der Waals surface area contributed by atoms with Crippen molar-refractivity contribution < 1.29 is 9.53 Å². The van der Waals surface area contributed by atoms with Crippen LogP contribution >= 0.6 is 15.9 Å². The molecule has 0 spiro atoms. The second kappa shape index (κ2) is 10.8. The van der Waals surface area contributed by atoms with Crippen LogP contribution in [0.4, 0.5) is 5.69 Å². The molecule has 0 unspecified atom stereocenters. The molecule has 1 aromatic rings. The molecule has 0 aliphatic carbocycles. The molecule has 0 saturated carbocycles. The van der Waals surface area contributed by atoms with E-state index in [4.69, 9.17) is 10.5 Å². The molecule has 118 valence electrons. The summed E-state index contributed by atoms with van der Waals surface area (Å²) in [5, 5.41) is 0. The Labute approximate surface area is 135 Å². The van der Waals surface area contributed by atoms with E-state index in [0.717, 1.165) is 29.6 Å². The Bertz CT molecular complexity index is 409. The number of unbranched alkanes of at least 4 members (excludes halogenated alkanes) is 1. The Morgan fingerprint density at radius 1 is 1.24 bits per heavy atom. The highest BCUT2D eigenvalue weighted by Gasteiger charge is 2.14. The van der Waals surface area contributed by atoms with Gasteiger partial charge in [-0.05, 0) is 43.7 Å². The summed E-state index contributed by atoms with van der Waals surface area (Å²) in [5.41, 5.74) is 6.39. The van der Waals surface area contributed by atoms with Gasteiger partial charge in [0.2, 0.25) is 5.91 Å². The van der Waals surface area contributed by atoms with Gasteiger partial charge in [-0.15, -0.1) is 0 Å².